The molecule has 6 heteroatoms. The minimum atomic E-state index is -0.939. The first-order valence-electron chi connectivity index (χ1n) is 7.95. The van der Waals surface area contributed by atoms with Crippen molar-refractivity contribution in [3.63, 3.8) is 0 Å². The molecule has 130 valence electrons. The monoisotopic (exact) mass is 333 g/mol. The molecule has 1 aromatic carbocycles. The molecule has 0 unspecified atom stereocenters. The highest BCUT2D eigenvalue weighted by Gasteiger charge is 2.47. The molecule has 0 N–H and O–H groups in total. The molecular weight excluding hydrogens is 310 g/mol. The van der Waals surface area contributed by atoms with E-state index in [0.29, 0.717) is 0 Å². The van der Waals surface area contributed by atoms with Crippen LogP contribution in [0, 0.1) is 5.92 Å². The molecule has 0 radical (unpaired) electrons. The van der Waals surface area contributed by atoms with Crippen LogP contribution in [0.15, 0.2) is 30.3 Å². The molecule has 0 bridgehead atoms. The predicted molar refractivity (Wildman–Crippen MR) is 86.9 cm³/mol. The minimum Gasteiger partial charge on any atom is -0.459 e. The lowest BCUT2D eigenvalue weighted by Crippen LogP contribution is -2.46. The first-order valence-corrected chi connectivity index (χ1v) is 7.95. The molecule has 6 nitrogen and oxygen atoms in total. The van der Waals surface area contributed by atoms with Crippen LogP contribution in [-0.4, -0.2) is 34.5 Å². The fourth-order valence-corrected chi connectivity index (χ4v) is 2.49. The molecule has 2 rings (SSSR count). The van der Waals surface area contributed by atoms with E-state index in [2.05, 4.69) is 0 Å². The Labute approximate surface area is 141 Å². The summed E-state index contributed by atoms with van der Waals surface area (Å²) in [6.07, 6.45) is -0.565. The maximum Gasteiger partial charge on any atom is 0.417 e. The van der Waals surface area contributed by atoms with E-state index >= 15 is 0 Å². The maximum absolute atomic E-state index is 12.4. The number of amides is 2. The van der Waals surface area contributed by atoms with Gasteiger partial charge < -0.3 is 9.47 Å². The van der Waals surface area contributed by atoms with Crippen molar-refractivity contribution in [2.75, 3.05) is 0 Å². The van der Waals surface area contributed by atoms with Gasteiger partial charge >= 0.3 is 12.1 Å². The van der Waals surface area contributed by atoms with E-state index in [9.17, 15) is 14.4 Å². The van der Waals surface area contributed by atoms with E-state index in [-0.39, 0.29) is 13.0 Å². The molecule has 0 saturated carbocycles. The molecule has 2 atom stereocenters. The number of imide groups is 1. The van der Waals surface area contributed by atoms with E-state index in [1.165, 1.54) is 0 Å². The molecule has 0 aliphatic carbocycles. The largest absolute Gasteiger partial charge is 0.459 e. The molecule has 2 amide bonds. The van der Waals surface area contributed by atoms with Crippen molar-refractivity contribution in [1.82, 2.24) is 4.90 Å². The molecular formula is C18H23NO5. The number of carbonyl (C=O) groups excluding carboxylic acids is 3. The number of likely N-dealkylation sites (tertiary alicyclic amines) is 1. The lowest BCUT2D eigenvalue weighted by Gasteiger charge is -2.26. The smallest absolute Gasteiger partial charge is 0.417 e. The van der Waals surface area contributed by atoms with Gasteiger partial charge in [0.15, 0.2) is 0 Å². The van der Waals surface area contributed by atoms with E-state index in [0.717, 1.165) is 10.5 Å². The van der Waals surface area contributed by atoms with E-state index in [1.54, 1.807) is 27.7 Å². The second kappa shape index (κ2) is 7.03. The Balaban J connectivity index is 2.07. The Morgan fingerprint density at radius 1 is 1.21 bits per heavy atom. The first kappa shape index (κ1) is 18.0. The predicted octanol–water partition coefficient (Wildman–Crippen LogP) is 2.90. The van der Waals surface area contributed by atoms with Crippen LogP contribution in [0.4, 0.5) is 4.79 Å². The fourth-order valence-electron chi connectivity index (χ4n) is 2.49. The first-order chi connectivity index (χ1) is 11.2. The van der Waals surface area contributed by atoms with Crippen molar-refractivity contribution in [1.29, 1.82) is 0 Å². The van der Waals surface area contributed by atoms with Crippen molar-refractivity contribution in [2.45, 2.75) is 52.4 Å². The molecule has 1 aliphatic heterocycles. The Morgan fingerprint density at radius 2 is 1.83 bits per heavy atom. The summed E-state index contributed by atoms with van der Waals surface area (Å²) in [6, 6.07) is 8.29. The highest BCUT2D eigenvalue weighted by atomic mass is 16.6. The average Bonchev–Trinajstić information content (AvgIpc) is 2.80. The summed E-state index contributed by atoms with van der Waals surface area (Å²) in [5, 5.41) is 0. The van der Waals surface area contributed by atoms with E-state index in [1.807, 2.05) is 30.3 Å². The van der Waals surface area contributed by atoms with Gasteiger partial charge in [0.05, 0.1) is 0 Å². The van der Waals surface area contributed by atoms with Gasteiger partial charge in [0.2, 0.25) is 5.91 Å². The van der Waals surface area contributed by atoms with Crippen LogP contribution in [0.3, 0.4) is 0 Å². The van der Waals surface area contributed by atoms with Gasteiger partial charge in [-0.15, -0.1) is 0 Å². The van der Waals surface area contributed by atoms with Crippen LogP contribution in [0.2, 0.25) is 0 Å². The Kier molecular flexibility index (Phi) is 5.26. The Morgan fingerprint density at radius 3 is 2.42 bits per heavy atom. The molecule has 0 aromatic heterocycles. The van der Waals surface area contributed by atoms with Crippen LogP contribution in [0.1, 0.15) is 39.7 Å². The molecule has 1 fully saturated rings. The number of rotatable bonds is 3. The summed E-state index contributed by atoms with van der Waals surface area (Å²) in [5.74, 6) is -1.43. The fraction of sp³-hybridized carbons (Fsp3) is 0.500. The normalized spacial score (nSPS) is 20.8. The van der Waals surface area contributed by atoms with Crippen LogP contribution in [0.5, 0.6) is 0 Å². The summed E-state index contributed by atoms with van der Waals surface area (Å²) in [5.41, 5.74) is 0.0915. The topological polar surface area (TPSA) is 72.9 Å². The number of nitrogens with zero attached hydrogens (tertiary/aromatic N) is 1. The summed E-state index contributed by atoms with van der Waals surface area (Å²) in [4.78, 5) is 37.8. The van der Waals surface area contributed by atoms with Gasteiger partial charge in [0.25, 0.3) is 0 Å². The third kappa shape index (κ3) is 4.34. The zero-order chi connectivity index (χ0) is 17.9. The summed E-state index contributed by atoms with van der Waals surface area (Å²) < 4.78 is 10.5. The van der Waals surface area contributed by atoms with Gasteiger partial charge in [-0.3, -0.25) is 4.79 Å². The molecule has 24 heavy (non-hydrogen) atoms. The van der Waals surface area contributed by atoms with Gasteiger partial charge in [-0.2, -0.15) is 0 Å². The van der Waals surface area contributed by atoms with Crippen LogP contribution in [0.25, 0.3) is 0 Å². The number of hydrogen-bond donors (Lipinski definition) is 0. The van der Waals surface area contributed by atoms with Crippen molar-refractivity contribution in [2.24, 2.45) is 5.92 Å². The second-order valence-corrected chi connectivity index (χ2v) is 6.93. The van der Waals surface area contributed by atoms with Gasteiger partial charge in [-0.1, -0.05) is 37.3 Å². The number of carbonyl (C=O) groups is 3. The zero-order valence-corrected chi connectivity index (χ0v) is 14.4. The number of esters is 1. The standard InChI is InChI=1S/C18H23NO5/c1-12-10-14(16(21)23-11-13-8-6-5-7-9-13)19(15(12)20)17(22)24-18(2,3)4/h5-9,12,14H,10-11H2,1-4H3/t12-,14-/m0/s1. The van der Waals surface area contributed by atoms with Crippen molar-refractivity contribution in [3.05, 3.63) is 35.9 Å². The third-order valence-electron chi connectivity index (χ3n) is 3.63. The van der Waals surface area contributed by atoms with Gasteiger partial charge in [-0.25, -0.2) is 14.5 Å². The lowest BCUT2D eigenvalue weighted by molar-refractivity contribution is -0.152. The van der Waals surface area contributed by atoms with Crippen molar-refractivity contribution < 1.29 is 23.9 Å². The van der Waals surface area contributed by atoms with Gasteiger partial charge in [0, 0.05) is 5.92 Å². The van der Waals surface area contributed by atoms with E-state index in [4.69, 9.17) is 9.47 Å². The summed E-state index contributed by atoms with van der Waals surface area (Å²) >= 11 is 0. The lowest BCUT2D eigenvalue weighted by atomic mass is 10.1. The maximum atomic E-state index is 12.4. The minimum absolute atomic E-state index is 0.0981. The zero-order valence-electron chi connectivity index (χ0n) is 14.4. The molecule has 0 spiro atoms. The summed E-state index contributed by atoms with van der Waals surface area (Å²) in [7, 11) is 0. The Hall–Kier alpha value is -2.37. The SMILES string of the molecule is C[C@H]1C[C@@H](C(=O)OCc2ccccc2)N(C(=O)OC(C)(C)C)C1=O. The third-order valence-corrected chi connectivity index (χ3v) is 3.63. The number of benzene rings is 1. The Bertz CT molecular complexity index is 620. The highest BCUT2D eigenvalue weighted by molar-refractivity contribution is 6.00. The average molecular weight is 333 g/mol. The van der Waals surface area contributed by atoms with Gasteiger partial charge in [0.1, 0.15) is 18.2 Å². The highest BCUT2D eigenvalue weighted by Crippen LogP contribution is 2.27. The van der Waals surface area contributed by atoms with E-state index < -0.39 is 35.5 Å². The molecule has 1 heterocycles. The molecule has 1 aliphatic rings. The van der Waals surface area contributed by atoms with Crippen molar-refractivity contribution >= 4 is 18.0 Å². The van der Waals surface area contributed by atoms with Crippen LogP contribution in [-0.2, 0) is 25.7 Å². The number of ether oxygens (including phenoxy) is 2. The number of hydrogen-bond acceptors (Lipinski definition) is 5. The quantitative estimate of drug-likeness (QED) is 0.795. The van der Waals surface area contributed by atoms with Gasteiger partial charge in [-0.05, 0) is 32.8 Å². The van der Waals surface area contributed by atoms with Crippen molar-refractivity contribution in [3.8, 4) is 0 Å². The second-order valence-electron chi connectivity index (χ2n) is 6.93. The molecule has 1 aromatic rings. The van der Waals surface area contributed by atoms with Crippen LogP contribution < -0.4 is 0 Å². The molecule has 1 saturated heterocycles. The summed E-state index contributed by atoms with van der Waals surface area (Å²) in [6.45, 7) is 6.90. The van der Waals surface area contributed by atoms with Crippen LogP contribution >= 0.6 is 0 Å².